The third kappa shape index (κ3) is 3.62. The lowest BCUT2D eigenvalue weighted by atomic mass is 10.1. The number of H-pyrrole nitrogens is 1. The van der Waals surface area contributed by atoms with Crippen molar-refractivity contribution in [1.29, 1.82) is 0 Å². The lowest BCUT2D eigenvalue weighted by Crippen LogP contribution is -2.56. The van der Waals surface area contributed by atoms with Crippen molar-refractivity contribution in [1.82, 2.24) is 29.5 Å². The molecule has 0 atom stereocenters. The van der Waals surface area contributed by atoms with E-state index in [-0.39, 0.29) is 11.9 Å². The number of halogens is 2. The van der Waals surface area contributed by atoms with E-state index in [2.05, 4.69) is 20.3 Å². The van der Waals surface area contributed by atoms with Gasteiger partial charge in [0.1, 0.15) is 18.0 Å². The van der Waals surface area contributed by atoms with Gasteiger partial charge < -0.3 is 20.9 Å². The van der Waals surface area contributed by atoms with E-state index in [4.69, 9.17) is 27.3 Å². The maximum atomic E-state index is 13.9. The highest BCUT2D eigenvalue weighted by Crippen LogP contribution is 2.27. The van der Waals surface area contributed by atoms with Gasteiger partial charge in [-0.25, -0.2) is 14.4 Å². The number of benzene rings is 2. The van der Waals surface area contributed by atoms with E-state index in [1.807, 2.05) is 23.1 Å². The van der Waals surface area contributed by atoms with E-state index in [1.54, 1.807) is 23.0 Å². The van der Waals surface area contributed by atoms with E-state index in [1.165, 1.54) is 12.1 Å². The largest absolute Gasteiger partial charge is 0.361 e. The molecule has 33 heavy (non-hydrogen) atoms. The smallest absolute Gasteiger partial charge is 0.229 e. The Morgan fingerprint density at radius 2 is 2.03 bits per heavy atom. The monoisotopic (exact) mass is 463 g/mol. The Bertz CT molecular complexity index is 1490. The molecule has 4 N–H and O–H groups in total. The molecule has 1 fully saturated rings. The van der Waals surface area contributed by atoms with E-state index < -0.39 is 0 Å². The quantitative estimate of drug-likeness (QED) is 0.366. The highest BCUT2D eigenvalue weighted by molar-refractivity contribution is 6.31. The van der Waals surface area contributed by atoms with Crippen molar-refractivity contribution < 1.29 is 4.39 Å². The topological polar surface area (TPSA) is 114 Å². The Hall–Kier alpha value is -3.76. The molecule has 166 valence electrons. The second-order valence-corrected chi connectivity index (χ2v) is 8.44. The predicted molar refractivity (Wildman–Crippen MR) is 125 cm³/mol. The van der Waals surface area contributed by atoms with Crippen LogP contribution in [0, 0.1) is 5.82 Å². The molecule has 6 rings (SSSR count). The van der Waals surface area contributed by atoms with Gasteiger partial charge in [0.15, 0.2) is 17.0 Å². The minimum Gasteiger partial charge on any atom is -0.361 e. The van der Waals surface area contributed by atoms with Crippen LogP contribution in [0.4, 0.5) is 16.2 Å². The van der Waals surface area contributed by atoms with Gasteiger partial charge in [0.2, 0.25) is 5.95 Å². The number of rotatable bonds is 5. The van der Waals surface area contributed by atoms with Crippen LogP contribution in [0.5, 0.6) is 0 Å². The fraction of sp³-hybridized carbons (Fsp3) is 0.182. The first-order valence-electron chi connectivity index (χ1n) is 10.4. The molecule has 0 unspecified atom stereocenters. The van der Waals surface area contributed by atoms with Gasteiger partial charge in [0.25, 0.3) is 0 Å². The van der Waals surface area contributed by atoms with Crippen LogP contribution in [0.1, 0.15) is 5.82 Å². The molecule has 4 heterocycles. The maximum absolute atomic E-state index is 13.9. The fourth-order valence-electron chi connectivity index (χ4n) is 3.93. The number of imidazole rings is 2. The van der Waals surface area contributed by atoms with Gasteiger partial charge in [-0.05, 0) is 36.4 Å². The second-order valence-electron chi connectivity index (χ2n) is 8.00. The Kier molecular flexibility index (Phi) is 4.63. The van der Waals surface area contributed by atoms with Crippen molar-refractivity contribution in [3.8, 4) is 5.69 Å². The zero-order valence-electron chi connectivity index (χ0n) is 17.3. The van der Waals surface area contributed by atoms with E-state index in [9.17, 15) is 4.39 Å². The number of nitrogens with zero attached hydrogens (tertiary/aromatic N) is 6. The van der Waals surface area contributed by atoms with Crippen molar-refractivity contribution in [3.05, 3.63) is 65.5 Å². The van der Waals surface area contributed by atoms with Crippen LogP contribution in [0.3, 0.4) is 0 Å². The van der Waals surface area contributed by atoms with Gasteiger partial charge in [-0.3, -0.25) is 4.57 Å². The summed E-state index contributed by atoms with van der Waals surface area (Å²) < 4.78 is 15.6. The molecule has 2 aromatic carbocycles. The third-order valence-electron chi connectivity index (χ3n) is 5.58. The molecule has 11 heteroatoms. The number of hydrogen-bond donors (Lipinski definition) is 3. The van der Waals surface area contributed by atoms with Gasteiger partial charge >= 0.3 is 0 Å². The van der Waals surface area contributed by atoms with E-state index in [0.29, 0.717) is 53.3 Å². The Labute approximate surface area is 192 Å². The number of aromatic nitrogens is 6. The summed E-state index contributed by atoms with van der Waals surface area (Å²) in [5, 5.41) is 3.96. The summed E-state index contributed by atoms with van der Waals surface area (Å²) in [7, 11) is 0. The van der Waals surface area contributed by atoms with Crippen molar-refractivity contribution in [2.75, 3.05) is 23.3 Å². The van der Waals surface area contributed by atoms with Crippen LogP contribution < -0.4 is 16.0 Å². The Morgan fingerprint density at radius 1 is 1.15 bits per heavy atom. The molecule has 1 aliphatic heterocycles. The molecule has 1 saturated heterocycles. The number of nitrogens with one attached hydrogen (secondary N) is 2. The minimum absolute atomic E-state index is 0.0937. The van der Waals surface area contributed by atoms with Crippen LogP contribution in [-0.4, -0.2) is 48.6 Å². The van der Waals surface area contributed by atoms with Gasteiger partial charge in [-0.1, -0.05) is 17.7 Å². The summed E-state index contributed by atoms with van der Waals surface area (Å²) in [5.74, 6) is 1.50. The normalized spacial score (nSPS) is 14.2. The molecule has 0 radical (unpaired) electrons. The van der Waals surface area contributed by atoms with E-state index in [0.717, 1.165) is 16.9 Å². The molecule has 0 bridgehead atoms. The highest BCUT2D eigenvalue weighted by atomic mass is 35.5. The maximum Gasteiger partial charge on any atom is 0.229 e. The molecule has 3 aromatic heterocycles. The van der Waals surface area contributed by atoms with Crippen molar-refractivity contribution in [3.63, 3.8) is 0 Å². The second kappa shape index (κ2) is 7.68. The fourth-order valence-corrected chi connectivity index (χ4v) is 4.09. The molecule has 0 spiro atoms. The first-order chi connectivity index (χ1) is 16.0. The zero-order valence-corrected chi connectivity index (χ0v) is 18.1. The molecule has 1 aliphatic rings. The van der Waals surface area contributed by atoms with Crippen LogP contribution in [0.25, 0.3) is 27.9 Å². The summed E-state index contributed by atoms with van der Waals surface area (Å²) in [4.78, 5) is 23.8. The molecule has 0 amide bonds. The number of anilines is 2. The van der Waals surface area contributed by atoms with Gasteiger partial charge in [0.05, 0.1) is 23.3 Å². The Balaban J connectivity index is 1.39. The third-order valence-corrected chi connectivity index (χ3v) is 5.82. The summed E-state index contributed by atoms with van der Waals surface area (Å²) in [5.41, 5.74) is 9.43. The summed E-state index contributed by atoms with van der Waals surface area (Å²) in [6.45, 7) is 1.73. The SMILES string of the molecule is NC1CN(c2nc(NCc3nc4cc(Cl)ccc4[nH]3)c3ncn(-c4cccc(F)c4)c3n2)C1. The molecular weight excluding hydrogens is 445 g/mol. The summed E-state index contributed by atoms with van der Waals surface area (Å²) >= 11 is 6.07. The van der Waals surface area contributed by atoms with Crippen LogP contribution in [0.2, 0.25) is 5.02 Å². The van der Waals surface area contributed by atoms with Crippen LogP contribution in [-0.2, 0) is 6.54 Å². The average molecular weight is 464 g/mol. The molecule has 5 aromatic rings. The van der Waals surface area contributed by atoms with E-state index >= 15 is 0 Å². The molecule has 0 aliphatic carbocycles. The first kappa shape index (κ1) is 19.9. The average Bonchev–Trinajstić information content (AvgIpc) is 3.38. The van der Waals surface area contributed by atoms with Crippen LogP contribution in [0.15, 0.2) is 48.8 Å². The number of aromatic amines is 1. The van der Waals surface area contributed by atoms with Crippen molar-refractivity contribution in [2.45, 2.75) is 12.6 Å². The number of nitrogens with two attached hydrogens (primary N) is 1. The van der Waals surface area contributed by atoms with Crippen molar-refractivity contribution in [2.24, 2.45) is 5.73 Å². The zero-order chi connectivity index (χ0) is 22.5. The molecule has 0 saturated carbocycles. The molecule has 9 nitrogen and oxygen atoms in total. The van der Waals surface area contributed by atoms with Crippen LogP contribution >= 0.6 is 11.6 Å². The highest BCUT2D eigenvalue weighted by Gasteiger charge is 2.27. The lowest BCUT2D eigenvalue weighted by Gasteiger charge is -2.36. The lowest BCUT2D eigenvalue weighted by molar-refractivity contribution is 0.509. The minimum atomic E-state index is -0.333. The standard InChI is InChI=1S/C22H19ClFN9/c23-12-4-5-16-17(6-12)29-18(28-16)8-26-20-19-21(31-22(30-20)32-9-14(25)10-32)33(11-27-19)15-3-1-2-13(24)7-15/h1-7,11,14H,8-10,25H2,(H,28,29)(H,26,30,31). The van der Waals surface area contributed by atoms with Gasteiger partial charge in [-0.2, -0.15) is 9.97 Å². The number of fused-ring (bicyclic) bond motifs is 2. The first-order valence-corrected chi connectivity index (χ1v) is 10.8. The molecular formula is C22H19ClFN9. The van der Waals surface area contributed by atoms with Crippen molar-refractivity contribution >= 4 is 45.6 Å². The summed E-state index contributed by atoms with van der Waals surface area (Å²) in [6, 6.07) is 11.9. The Morgan fingerprint density at radius 3 is 2.85 bits per heavy atom. The van der Waals surface area contributed by atoms with Gasteiger partial charge in [-0.15, -0.1) is 0 Å². The predicted octanol–water partition coefficient (Wildman–Crippen LogP) is 3.24. The number of hydrogen-bond acceptors (Lipinski definition) is 7. The summed E-state index contributed by atoms with van der Waals surface area (Å²) in [6.07, 6.45) is 1.62. The van der Waals surface area contributed by atoms with Gasteiger partial charge in [0, 0.05) is 24.2 Å².